The van der Waals surface area contributed by atoms with E-state index >= 15 is 0 Å². The Bertz CT molecular complexity index is 2100. The van der Waals surface area contributed by atoms with E-state index in [1.54, 1.807) is 0 Å². The van der Waals surface area contributed by atoms with Gasteiger partial charge in [0.15, 0.2) is 54.5 Å². The summed E-state index contributed by atoms with van der Waals surface area (Å²) in [6, 6.07) is -1.60. The number of hydrogen-bond donors (Lipinski definition) is 11. The third-order valence-corrected chi connectivity index (χ3v) is 12.1. The van der Waals surface area contributed by atoms with Crippen molar-refractivity contribution in [3.8, 4) is 0 Å². The number of nitrogens with two attached hydrogens (primary N) is 5. The standard InChI is InChI=1S/C30H48N10O8.C15H27N5O5/c1-15(2)13-17(39-23(42)18-19(47-18)24(39)43)22(41)35-9-7-8-12-38(29(33)34)30(14-16(3)4,40-25(44)20-21(48-20)26(40)45)27(46)36-10-5-6-11-37-28(31)32;1-8(2)7-9(16)12(21)20-15(17)19-6-4-3-5-18-13(22)10-11(25-10)14(23)24/h15-21H,5-14H2,1-4H3,(H3,33,34)(H,35,41)(H,36,46)(H4,31,32,37);8-11H,3-7,16H2,1-2H3,(H,18,22)(H,23,24)(H3,17,19,20,21)/t17-,18-,19-,20-,21-,30+;9-,10-,11-/m00/s1. The van der Waals surface area contributed by atoms with E-state index in [4.69, 9.17) is 53.4 Å². The Hall–Kier alpha value is -6.52. The van der Waals surface area contributed by atoms with Crippen molar-refractivity contribution in [1.29, 1.82) is 5.41 Å². The average molecular weight is 1030 g/mol. The normalized spacial score (nSPS) is 23.1. The molecule has 0 bridgehead atoms. The molecule has 8 amide bonds. The van der Waals surface area contributed by atoms with Crippen molar-refractivity contribution in [3.63, 3.8) is 0 Å². The summed E-state index contributed by atoms with van der Waals surface area (Å²) in [6.07, 6.45) is -1.70. The molecule has 0 aliphatic carbocycles. The third kappa shape index (κ3) is 16.0. The first-order valence-electron chi connectivity index (χ1n) is 24.7. The second kappa shape index (κ2) is 26.4. The van der Waals surface area contributed by atoms with Crippen molar-refractivity contribution in [3.05, 3.63) is 0 Å². The number of carbonyl (C=O) groups excluding carboxylic acids is 8. The van der Waals surface area contributed by atoms with Gasteiger partial charge in [0.2, 0.25) is 17.5 Å². The van der Waals surface area contributed by atoms with Crippen LogP contribution in [-0.4, -0.2) is 185 Å². The van der Waals surface area contributed by atoms with Crippen molar-refractivity contribution < 1.29 is 62.5 Å². The summed E-state index contributed by atoms with van der Waals surface area (Å²) in [5.41, 5.74) is 26.2. The summed E-state index contributed by atoms with van der Waals surface area (Å²) in [5, 5.41) is 27.8. The Morgan fingerprint density at radius 2 is 1.21 bits per heavy atom. The number of likely N-dealkylation sites (tertiary alicyclic amines) is 2. The minimum Gasteiger partial charge on any atom is -0.479 e. The van der Waals surface area contributed by atoms with Gasteiger partial charge in [-0.15, -0.1) is 0 Å². The molecule has 5 heterocycles. The molecule has 0 aromatic rings. The Kier molecular flexibility index (Phi) is 21.4. The summed E-state index contributed by atoms with van der Waals surface area (Å²) < 4.78 is 15.0. The van der Waals surface area contributed by atoms with E-state index in [9.17, 15) is 43.2 Å². The third-order valence-electron chi connectivity index (χ3n) is 12.1. The van der Waals surface area contributed by atoms with E-state index in [1.807, 2.05) is 41.5 Å². The first kappa shape index (κ1) is 59.0. The van der Waals surface area contributed by atoms with Crippen LogP contribution in [0.4, 0.5) is 0 Å². The Labute approximate surface area is 423 Å². The van der Waals surface area contributed by atoms with Gasteiger partial charge in [-0.25, -0.2) is 9.69 Å². The van der Waals surface area contributed by atoms with Gasteiger partial charge in [-0.3, -0.25) is 64.0 Å². The maximum Gasteiger partial charge on any atom is 0.336 e. The smallest absolute Gasteiger partial charge is 0.336 e. The lowest BCUT2D eigenvalue weighted by molar-refractivity contribution is -0.169. The molecule has 28 nitrogen and oxygen atoms in total. The fraction of sp³-hybridized carbons (Fsp3) is 0.733. The van der Waals surface area contributed by atoms with E-state index in [1.165, 1.54) is 4.90 Å². The maximum atomic E-state index is 14.1. The van der Waals surface area contributed by atoms with Crippen LogP contribution in [-0.2, 0) is 57.4 Å². The zero-order valence-corrected chi connectivity index (χ0v) is 42.4. The van der Waals surface area contributed by atoms with Crippen LogP contribution in [0.2, 0.25) is 0 Å². The predicted octanol–water partition coefficient (Wildman–Crippen LogP) is -3.78. The number of aliphatic imine (C=N–C) groups is 2. The van der Waals surface area contributed by atoms with Gasteiger partial charge in [-0.2, -0.15) is 0 Å². The second-order valence-electron chi connectivity index (χ2n) is 19.7. The molecule has 0 spiro atoms. The largest absolute Gasteiger partial charge is 0.479 e. The van der Waals surface area contributed by atoms with Crippen molar-refractivity contribution >= 4 is 71.1 Å². The number of aliphatic carboxylic acids is 1. The van der Waals surface area contributed by atoms with Gasteiger partial charge < -0.3 is 68.8 Å². The number of imide groups is 2. The van der Waals surface area contributed by atoms with Gasteiger partial charge in [-0.1, -0.05) is 41.5 Å². The van der Waals surface area contributed by atoms with E-state index in [0.717, 1.165) is 9.80 Å². The van der Waals surface area contributed by atoms with E-state index in [0.29, 0.717) is 70.5 Å². The van der Waals surface area contributed by atoms with Crippen molar-refractivity contribution in [2.45, 2.75) is 154 Å². The number of nitrogens with zero attached hydrogens (tertiary/aromatic N) is 5. The number of ether oxygens (including phenoxy) is 3. The number of rotatable bonds is 29. The highest BCUT2D eigenvalue weighted by Crippen LogP contribution is 2.42. The van der Waals surface area contributed by atoms with Crippen molar-refractivity contribution in [2.75, 3.05) is 39.3 Å². The number of epoxide rings is 3. The van der Waals surface area contributed by atoms with Crippen LogP contribution in [0.15, 0.2) is 9.98 Å². The minimum absolute atomic E-state index is 0.0116. The molecule has 0 aromatic heterocycles. The molecule has 5 aliphatic rings. The highest BCUT2D eigenvalue weighted by Gasteiger charge is 2.69. The molecule has 0 saturated carbocycles. The molecular formula is C45H75N15O13. The number of nitrogens with one attached hydrogen (secondary N) is 5. The second-order valence-corrected chi connectivity index (χ2v) is 19.7. The molecule has 0 aromatic carbocycles. The lowest BCUT2D eigenvalue weighted by atomic mass is 9.91. The van der Waals surface area contributed by atoms with Gasteiger partial charge in [-0.05, 0) is 69.1 Å². The lowest BCUT2D eigenvalue weighted by Crippen LogP contribution is -2.73. The zero-order valence-electron chi connectivity index (χ0n) is 42.4. The first-order chi connectivity index (χ1) is 34.3. The molecular weight excluding hydrogens is 959 g/mol. The van der Waals surface area contributed by atoms with Crippen LogP contribution < -0.4 is 49.9 Å². The van der Waals surface area contributed by atoms with Crippen LogP contribution in [0.25, 0.3) is 0 Å². The van der Waals surface area contributed by atoms with Crippen LogP contribution in [0.1, 0.15) is 99.3 Å². The molecule has 16 N–H and O–H groups in total. The number of morpholine rings is 2. The predicted molar refractivity (Wildman–Crippen MR) is 261 cm³/mol. The monoisotopic (exact) mass is 1030 g/mol. The van der Waals surface area contributed by atoms with Crippen LogP contribution in [0.3, 0.4) is 0 Å². The number of unbranched alkanes of at least 4 members (excludes halogenated alkanes) is 3. The highest BCUT2D eigenvalue weighted by atomic mass is 16.6. The Morgan fingerprint density at radius 1 is 0.685 bits per heavy atom. The molecule has 73 heavy (non-hydrogen) atoms. The van der Waals surface area contributed by atoms with Gasteiger partial charge in [0.05, 0.1) is 6.04 Å². The van der Waals surface area contributed by atoms with Crippen LogP contribution in [0.5, 0.6) is 0 Å². The summed E-state index contributed by atoms with van der Waals surface area (Å²) >= 11 is 0. The van der Waals surface area contributed by atoms with Crippen molar-refractivity contribution in [1.82, 2.24) is 36.0 Å². The summed E-state index contributed by atoms with van der Waals surface area (Å²) in [7, 11) is 0. The molecule has 408 valence electrons. The molecule has 5 saturated heterocycles. The Balaban J connectivity index is 0.000000389. The fourth-order valence-electron chi connectivity index (χ4n) is 8.52. The minimum atomic E-state index is -1.95. The Morgan fingerprint density at radius 3 is 1.71 bits per heavy atom. The lowest BCUT2D eigenvalue weighted by Gasteiger charge is -2.48. The topological polar surface area (TPSA) is 448 Å². The van der Waals surface area contributed by atoms with Crippen molar-refractivity contribution in [2.24, 2.45) is 56.4 Å². The summed E-state index contributed by atoms with van der Waals surface area (Å²) in [5.74, 6) is -5.86. The van der Waals surface area contributed by atoms with Crippen LogP contribution in [0, 0.1) is 23.2 Å². The number of carboxylic acids is 1. The number of amides is 8. The van der Waals surface area contributed by atoms with E-state index in [-0.39, 0.29) is 62.1 Å². The average Bonchev–Trinajstić information content (AvgIpc) is 4.20. The van der Waals surface area contributed by atoms with Gasteiger partial charge in [0.25, 0.3) is 35.4 Å². The number of carbonyl (C=O) groups is 9. The molecule has 5 rings (SSSR count). The maximum absolute atomic E-state index is 14.1. The highest BCUT2D eigenvalue weighted by molar-refractivity contribution is 6.15. The number of carboxylic acid groups (broad SMARTS) is 1. The quantitative estimate of drug-likeness (QED) is 0.0113. The van der Waals surface area contributed by atoms with Gasteiger partial charge in [0.1, 0.15) is 6.04 Å². The summed E-state index contributed by atoms with van der Waals surface area (Å²) in [4.78, 5) is 124. The number of fused-ring (bicyclic) bond motifs is 2. The number of guanidine groups is 3. The molecule has 0 unspecified atom stereocenters. The molecule has 5 fully saturated rings. The first-order valence-corrected chi connectivity index (χ1v) is 24.7. The van der Waals surface area contributed by atoms with Gasteiger partial charge >= 0.3 is 5.97 Å². The molecule has 28 heteroatoms. The van der Waals surface area contributed by atoms with Crippen LogP contribution >= 0.6 is 0 Å². The zero-order chi connectivity index (χ0) is 54.5. The SMILES string of the molecule is CC(C)C[C@@H](C(=O)NCCCCN(C(=N)N)[C@@](CC(C)C)(C(=O)NCCCCN=C(N)N)N1C(=O)[C@H]2O[C@@H]2C1=O)N1C(=O)[C@H]2O[C@@H]2C1=O.CC(C)C[C@H](N)C(=O)NC(N)=NCCCCNC(=O)[C@H]1O[C@@H]1C(=O)O. The number of hydrogen-bond acceptors (Lipinski definition) is 16. The summed E-state index contributed by atoms with van der Waals surface area (Å²) in [6.45, 7) is 12.8. The fourth-order valence-corrected chi connectivity index (χ4v) is 8.52. The molecule has 0 radical (unpaired) electrons. The van der Waals surface area contributed by atoms with Gasteiger partial charge in [0, 0.05) is 45.7 Å². The van der Waals surface area contributed by atoms with E-state index < -0.39 is 108 Å². The van der Waals surface area contributed by atoms with E-state index in [2.05, 4.69) is 31.3 Å². The molecule has 9 atom stereocenters. The molecule has 5 aliphatic heterocycles.